The maximum Gasteiger partial charge on any atom is 0.0374 e. The molecule has 1 N–H and O–H groups in total. The van der Waals surface area contributed by atoms with Gasteiger partial charge >= 0.3 is 0 Å². The first-order valence-corrected chi connectivity index (χ1v) is 7.21. The Hall–Kier alpha value is -0.980. The predicted octanol–water partition coefficient (Wildman–Crippen LogP) is 4.24. The summed E-state index contributed by atoms with van der Waals surface area (Å²) in [5, 5.41) is 3.83. The van der Waals surface area contributed by atoms with Crippen LogP contribution in [0.3, 0.4) is 0 Å². The quantitative estimate of drug-likeness (QED) is 0.814. The number of fused-ring (bicyclic) bond motifs is 2. The van der Waals surface area contributed by atoms with Crippen LogP contribution in [0, 0.1) is 11.8 Å². The van der Waals surface area contributed by atoms with Crippen molar-refractivity contribution in [2.45, 2.75) is 51.5 Å². The standard InChI is InChI=1S/C16H23N/c1-2-5-13-6-3-4-7-15(13)17-16-11-12-8-9-14(16)10-12/h3-4,6-7,12,14,16-17H,2,5,8-11H2,1H3. The van der Waals surface area contributed by atoms with Crippen molar-refractivity contribution in [1.82, 2.24) is 0 Å². The van der Waals surface area contributed by atoms with E-state index in [1.807, 2.05) is 0 Å². The number of anilines is 1. The molecule has 0 aliphatic heterocycles. The first-order chi connectivity index (χ1) is 8.36. The maximum absolute atomic E-state index is 3.83. The van der Waals surface area contributed by atoms with Crippen LogP contribution in [0.4, 0.5) is 5.69 Å². The SMILES string of the molecule is CCCc1ccccc1NC1CC2CCC1C2. The van der Waals surface area contributed by atoms with Crippen LogP contribution in [-0.4, -0.2) is 6.04 Å². The average molecular weight is 229 g/mol. The summed E-state index contributed by atoms with van der Waals surface area (Å²) >= 11 is 0. The molecule has 0 spiro atoms. The third-order valence-corrected chi connectivity index (χ3v) is 4.62. The van der Waals surface area contributed by atoms with E-state index in [1.165, 1.54) is 49.8 Å². The monoisotopic (exact) mass is 229 g/mol. The summed E-state index contributed by atoms with van der Waals surface area (Å²) in [7, 11) is 0. The Morgan fingerprint density at radius 2 is 2.06 bits per heavy atom. The molecule has 1 nitrogen and oxygen atoms in total. The minimum Gasteiger partial charge on any atom is -0.382 e. The zero-order chi connectivity index (χ0) is 11.7. The smallest absolute Gasteiger partial charge is 0.0374 e. The largest absolute Gasteiger partial charge is 0.382 e. The Kier molecular flexibility index (Phi) is 3.09. The fourth-order valence-electron chi connectivity index (χ4n) is 3.77. The van der Waals surface area contributed by atoms with Gasteiger partial charge in [0.05, 0.1) is 0 Å². The van der Waals surface area contributed by atoms with Crippen molar-refractivity contribution < 1.29 is 0 Å². The average Bonchev–Trinajstić information content (AvgIpc) is 2.94. The highest BCUT2D eigenvalue weighted by atomic mass is 14.9. The lowest BCUT2D eigenvalue weighted by molar-refractivity contribution is 0.439. The molecule has 2 bridgehead atoms. The molecule has 0 aromatic heterocycles. The first-order valence-electron chi connectivity index (χ1n) is 7.21. The fraction of sp³-hybridized carbons (Fsp3) is 0.625. The lowest BCUT2D eigenvalue weighted by atomic mass is 9.94. The molecule has 3 unspecified atom stereocenters. The Bertz CT molecular complexity index is 385. The highest BCUT2D eigenvalue weighted by molar-refractivity contribution is 5.52. The van der Waals surface area contributed by atoms with E-state index in [4.69, 9.17) is 0 Å². The normalized spacial score (nSPS) is 30.8. The molecule has 1 aromatic carbocycles. The topological polar surface area (TPSA) is 12.0 Å². The van der Waals surface area contributed by atoms with E-state index in [2.05, 4.69) is 36.5 Å². The van der Waals surface area contributed by atoms with Crippen LogP contribution in [0.25, 0.3) is 0 Å². The Balaban J connectivity index is 1.72. The first kappa shape index (κ1) is 11.1. The van der Waals surface area contributed by atoms with E-state index in [0.29, 0.717) is 0 Å². The van der Waals surface area contributed by atoms with E-state index in [-0.39, 0.29) is 0 Å². The maximum atomic E-state index is 3.83. The lowest BCUT2D eigenvalue weighted by Crippen LogP contribution is -2.26. The van der Waals surface area contributed by atoms with Gasteiger partial charge in [-0.3, -0.25) is 0 Å². The molecule has 3 rings (SSSR count). The number of rotatable bonds is 4. The molecule has 0 radical (unpaired) electrons. The van der Waals surface area contributed by atoms with Gasteiger partial charge in [0.25, 0.3) is 0 Å². The van der Waals surface area contributed by atoms with Gasteiger partial charge in [0.15, 0.2) is 0 Å². The number of aryl methyl sites for hydroxylation is 1. The van der Waals surface area contributed by atoms with Gasteiger partial charge < -0.3 is 5.32 Å². The minimum atomic E-state index is 0.756. The zero-order valence-electron chi connectivity index (χ0n) is 10.8. The molecule has 17 heavy (non-hydrogen) atoms. The van der Waals surface area contributed by atoms with Crippen LogP contribution in [0.5, 0.6) is 0 Å². The predicted molar refractivity (Wildman–Crippen MR) is 73.3 cm³/mol. The number of para-hydroxylation sites is 1. The molecule has 0 amide bonds. The number of nitrogens with one attached hydrogen (secondary N) is 1. The Labute approximate surface area is 105 Å². The third-order valence-electron chi connectivity index (χ3n) is 4.62. The van der Waals surface area contributed by atoms with Gasteiger partial charge in [0.2, 0.25) is 0 Å². The Morgan fingerprint density at radius 3 is 2.76 bits per heavy atom. The van der Waals surface area contributed by atoms with E-state index in [9.17, 15) is 0 Å². The summed E-state index contributed by atoms with van der Waals surface area (Å²) in [4.78, 5) is 0. The highest BCUT2D eigenvalue weighted by Gasteiger charge is 2.39. The van der Waals surface area contributed by atoms with Crippen molar-refractivity contribution in [3.63, 3.8) is 0 Å². The molecule has 2 saturated carbocycles. The number of hydrogen-bond donors (Lipinski definition) is 1. The van der Waals surface area contributed by atoms with Gasteiger partial charge in [-0.1, -0.05) is 38.0 Å². The van der Waals surface area contributed by atoms with Crippen LogP contribution in [-0.2, 0) is 6.42 Å². The second kappa shape index (κ2) is 4.72. The summed E-state index contributed by atoms with van der Waals surface area (Å²) in [5.74, 6) is 1.98. The van der Waals surface area contributed by atoms with Gasteiger partial charge in [-0.25, -0.2) is 0 Å². The molecular formula is C16H23N. The summed E-state index contributed by atoms with van der Waals surface area (Å²) in [6.45, 7) is 2.26. The molecule has 2 aliphatic carbocycles. The molecular weight excluding hydrogens is 206 g/mol. The molecule has 92 valence electrons. The van der Waals surface area contributed by atoms with Crippen LogP contribution < -0.4 is 5.32 Å². The summed E-state index contributed by atoms with van der Waals surface area (Å²) in [6, 6.07) is 9.62. The summed E-state index contributed by atoms with van der Waals surface area (Å²) in [5.41, 5.74) is 2.89. The summed E-state index contributed by atoms with van der Waals surface area (Å²) in [6.07, 6.45) is 8.26. The molecule has 0 saturated heterocycles. The summed E-state index contributed by atoms with van der Waals surface area (Å²) < 4.78 is 0. The van der Waals surface area contributed by atoms with Crippen LogP contribution >= 0.6 is 0 Å². The van der Waals surface area contributed by atoms with Crippen molar-refractivity contribution in [3.8, 4) is 0 Å². The highest BCUT2D eigenvalue weighted by Crippen LogP contribution is 2.45. The van der Waals surface area contributed by atoms with E-state index in [0.717, 1.165) is 17.9 Å². The Morgan fingerprint density at radius 1 is 1.18 bits per heavy atom. The van der Waals surface area contributed by atoms with Crippen molar-refractivity contribution in [2.75, 3.05) is 5.32 Å². The van der Waals surface area contributed by atoms with Gasteiger partial charge in [0.1, 0.15) is 0 Å². The van der Waals surface area contributed by atoms with Gasteiger partial charge in [-0.2, -0.15) is 0 Å². The van der Waals surface area contributed by atoms with Gasteiger partial charge in [-0.05, 0) is 49.1 Å². The second-order valence-corrected chi connectivity index (χ2v) is 5.83. The van der Waals surface area contributed by atoms with Crippen molar-refractivity contribution >= 4 is 5.69 Å². The van der Waals surface area contributed by atoms with Crippen molar-refractivity contribution in [2.24, 2.45) is 11.8 Å². The molecule has 1 heteroatoms. The van der Waals surface area contributed by atoms with Crippen LogP contribution in [0.15, 0.2) is 24.3 Å². The molecule has 2 aliphatic rings. The van der Waals surface area contributed by atoms with Gasteiger partial charge in [-0.15, -0.1) is 0 Å². The third kappa shape index (κ3) is 2.20. The zero-order valence-corrected chi connectivity index (χ0v) is 10.8. The van der Waals surface area contributed by atoms with E-state index < -0.39 is 0 Å². The number of hydrogen-bond acceptors (Lipinski definition) is 1. The van der Waals surface area contributed by atoms with Crippen LogP contribution in [0.1, 0.15) is 44.6 Å². The van der Waals surface area contributed by atoms with Crippen LogP contribution in [0.2, 0.25) is 0 Å². The lowest BCUT2D eigenvalue weighted by Gasteiger charge is -2.25. The number of benzene rings is 1. The molecule has 2 fully saturated rings. The minimum absolute atomic E-state index is 0.756. The van der Waals surface area contributed by atoms with E-state index >= 15 is 0 Å². The van der Waals surface area contributed by atoms with Gasteiger partial charge in [0, 0.05) is 11.7 Å². The molecule has 1 aromatic rings. The fourth-order valence-corrected chi connectivity index (χ4v) is 3.77. The van der Waals surface area contributed by atoms with Crippen molar-refractivity contribution in [3.05, 3.63) is 29.8 Å². The van der Waals surface area contributed by atoms with Crippen molar-refractivity contribution in [1.29, 1.82) is 0 Å². The molecule has 3 atom stereocenters. The second-order valence-electron chi connectivity index (χ2n) is 5.83. The molecule has 0 heterocycles. The van der Waals surface area contributed by atoms with E-state index in [1.54, 1.807) is 0 Å².